The average Bonchev–Trinajstić information content (AvgIpc) is 3.57. The van der Waals surface area contributed by atoms with Crippen LogP contribution in [0.5, 0.6) is 0 Å². The average molecular weight is 638 g/mol. The second-order valence-electron chi connectivity index (χ2n) is 12.9. The molecule has 0 unspecified atom stereocenters. The molecule has 1 aromatic heterocycles. The van der Waals surface area contributed by atoms with Crippen molar-refractivity contribution >= 4 is 71.3 Å². The molecule has 0 atom stereocenters. The molecule has 10 aromatic rings. The summed E-state index contributed by atoms with van der Waals surface area (Å²) in [7, 11) is 0. The van der Waals surface area contributed by atoms with Gasteiger partial charge in [0.1, 0.15) is 11.2 Å². The van der Waals surface area contributed by atoms with Gasteiger partial charge in [0.2, 0.25) is 0 Å². The second kappa shape index (κ2) is 11.5. The molecule has 2 heteroatoms. The van der Waals surface area contributed by atoms with Crippen molar-refractivity contribution < 1.29 is 4.42 Å². The fourth-order valence-electron chi connectivity index (χ4n) is 7.72. The van der Waals surface area contributed by atoms with E-state index in [1.54, 1.807) is 0 Å². The van der Waals surface area contributed by atoms with Crippen molar-refractivity contribution in [3.63, 3.8) is 0 Å². The van der Waals surface area contributed by atoms with Gasteiger partial charge in [-0.3, -0.25) is 0 Å². The highest BCUT2D eigenvalue weighted by Crippen LogP contribution is 2.48. The molecule has 0 aliphatic carbocycles. The first-order chi connectivity index (χ1) is 24.8. The summed E-state index contributed by atoms with van der Waals surface area (Å²) in [6, 6.07) is 67.6. The Morgan fingerprint density at radius 3 is 1.70 bits per heavy atom. The molecular formula is C48H31NO. The van der Waals surface area contributed by atoms with Crippen molar-refractivity contribution in [3.8, 4) is 22.3 Å². The molecule has 0 aliphatic heterocycles. The van der Waals surface area contributed by atoms with Gasteiger partial charge < -0.3 is 9.32 Å². The number of anilines is 3. The molecule has 50 heavy (non-hydrogen) atoms. The van der Waals surface area contributed by atoms with Crippen molar-refractivity contribution in [3.05, 3.63) is 188 Å². The topological polar surface area (TPSA) is 16.4 Å². The molecule has 9 aromatic carbocycles. The van der Waals surface area contributed by atoms with Gasteiger partial charge in [0.05, 0.1) is 17.1 Å². The normalized spacial score (nSPS) is 11.6. The number of para-hydroxylation sites is 2. The van der Waals surface area contributed by atoms with Crippen LogP contribution in [0.4, 0.5) is 17.1 Å². The van der Waals surface area contributed by atoms with Gasteiger partial charge in [-0.25, -0.2) is 0 Å². The summed E-state index contributed by atoms with van der Waals surface area (Å²) in [6.07, 6.45) is 0. The standard InChI is InChI=1S/C48H31NO/c1-2-14-32(15-3-1)37-19-10-12-24-44(37)49(46-31-34-17-5-6-18-36(34)40-22-8-9-23-41(40)46)45-25-13-11-20-38(45)35-27-29-47-43(30-35)42-28-26-33-16-4-7-21-39(33)48(42)50-47/h1-31H. The Morgan fingerprint density at radius 1 is 0.320 bits per heavy atom. The molecule has 0 saturated heterocycles. The van der Waals surface area contributed by atoms with E-state index in [1.807, 2.05) is 0 Å². The fourth-order valence-corrected chi connectivity index (χ4v) is 7.72. The van der Waals surface area contributed by atoms with E-state index in [2.05, 4.69) is 193 Å². The first-order valence-corrected chi connectivity index (χ1v) is 17.1. The molecule has 234 valence electrons. The van der Waals surface area contributed by atoms with Crippen molar-refractivity contribution in [2.75, 3.05) is 4.90 Å². The molecule has 0 fully saturated rings. The van der Waals surface area contributed by atoms with Crippen molar-refractivity contribution in [1.29, 1.82) is 0 Å². The Bertz CT molecular complexity index is 2880. The summed E-state index contributed by atoms with van der Waals surface area (Å²) in [4.78, 5) is 2.47. The minimum Gasteiger partial charge on any atom is -0.455 e. The largest absolute Gasteiger partial charge is 0.455 e. The summed E-state index contributed by atoms with van der Waals surface area (Å²) in [6.45, 7) is 0. The lowest BCUT2D eigenvalue weighted by Crippen LogP contribution is -2.13. The molecule has 0 radical (unpaired) electrons. The van der Waals surface area contributed by atoms with Crippen LogP contribution in [-0.4, -0.2) is 0 Å². The molecule has 0 bridgehead atoms. The maximum absolute atomic E-state index is 6.52. The van der Waals surface area contributed by atoms with Gasteiger partial charge in [-0.05, 0) is 69.1 Å². The highest BCUT2D eigenvalue weighted by atomic mass is 16.3. The van der Waals surface area contributed by atoms with E-state index in [4.69, 9.17) is 4.42 Å². The van der Waals surface area contributed by atoms with Gasteiger partial charge in [-0.15, -0.1) is 0 Å². The zero-order valence-corrected chi connectivity index (χ0v) is 27.3. The fraction of sp³-hybridized carbons (Fsp3) is 0. The SMILES string of the molecule is c1ccc(-c2ccccc2N(c2ccccc2-c2ccc3oc4c5ccccc5ccc4c3c2)c2cc3ccccc3c3ccccc23)cc1. The highest BCUT2D eigenvalue weighted by molar-refractivity contribution is 6.17. The van der Waals surface area contributed by atoms with Gasteiger partial charge in [0.15, 0.2) is 0 Å². The zero-order valence-electron chi connectivity index (χ0n) is 27.3. The molecule has 1 heterocycles. The molecule has 0 saturated carbocycles. The van der Waals surface area contributed by atoms with Gasteiger partial charge in [0.25, 0.3) is 0 Å². The first-order valence-electron chi connectivity index (χ1n) is 17.1. The van der Waals surface area contributed by atoms with Crippen LogP contribution in [0.1, 0.15) is 0 Å². The number of fused-ring (bicyclic) bond motifs is 8. The highest BCUT2D eigenvalue weighted by Gasteiger charge is 2.23. The van der Waals surface area contributed by atoms with Crippen LogP contribution in [0.3, 0.4) is 0 Å². The van der Waals surface area contributed by atoms with E-state index in [-0.39, 0.29) is 0 Å². The molecular weight excluding hydrogens is 607 g/mol. The van der Waals surface area contributed by atoms with Gasteiger partial charge in [-0.2, -0.15) is 0 Å². The predicted octanol–water partition coefficient (Wildman–Crippen LogP) is 13.8. The van der Waals surface area contributed by atoms with Crippen LogP contribution in [0.25, 0.3) is 76.5 Å². The minimum atomic E-state index is 0.893. The van der Waals surface area contributed by atoms with Crippen LogP contribution in [-0.2, 0) is 0 Å². The monoisotopic (exact) mass is 637 g/mol. The van der Waals surface area contributed by atoms with E-state index >= 15 is 0 Å². The maximum Gasteiger partial charge on any atom is 0.143 e. The molecule has 0 N–H and O–H groups in total. The number of furan rings is 1. The van der Waals surface area contributed by atoms with Gasteiger partial charge in [-0.1, -0.05) is 152 Å². The number of nitrogens with zero attached hydrogens (tertiary/aromatic N) is 1. The summed E-state index contributed by atoms with van der Waals surface area (Å²) in [5.41, 5.74) is 9.81. The molecule has 10 rings (SSSR count). The lowest BCUT2D eigenvalue weighted by molar-refractivity contribution is 0.672. The minimum absolute atomic E-state index is 0.893. The molecule has 2 nitrogen and oxygen atoms in total. The maximum atomic E-state index is 6.52. The predicted molar refractivity (Wildman–Crippen MR) is 212 cm³/mol. The van der Waals surface area contributed by atoms with Crippen LogP contribution in [0.2, 0.25) is 0 Å². The van der Waals surface area contributed by atoms with Crippen LogP contribution in [0.15, 0.2) is 192 Å². The van der Waals surface area contributed by atoms with Crippen molar-refractivity contribution in [2.45, 2.75) is 0 Å². The van der Waals surface area contributed by atoms with E-state index < -0.39 is 0 Å². The molecule has 0 spiro atoms. The third kappa shape index (κ3) is 4.50. The lowest BCUT2D eigenvalue weighted by atomic mass is 9.95. The number of hydrogen-bond donors (Lipinski definition) is 0. The smallest absolute Gasteiger partial charge is 0.143 e. The quantitative estimate of drug-likeness (QED) is 0.175. The Balaban J connectivity index is 1.26. The molecule has 0 amide bonds. The van der Waals surface area contributed by atoms with Crippen LogP contribution >= 0.6 is 0 Å². The van der Waals surface area contributed by atoms with Crippen molar-refractivity contribution in [1.82, 2.24) is 0 Å². The Morgan fingerprint density at radius 2 is 0.920 bits per heavy atom. The third-order valence-corrected chi connectivity index (χ3v) is 10.0. The van der Waals surface area contributed by atoms with Gasteiger partial charge in [0, 0.05) is 32.7 Å². The van der Waals surface area contributed by atoms with E-state index in [1.165, 1.54) is 38.1 Å². The summed E-state index contributed by atoms with van der Waals surface area (Å²) in [5.74, 6) is 0. The van der Waals surface area contributed by atoms with E-state index in [9.17, 15) is 0 Å². The van der Waals surface area contributed by atoms with E-state index in [0.717, 1.165) is 55.5 Å². The van der Waals surface area contributed by atoms with E-state index in [0.29, 0.717) is 0 Å². The lowest BCUT2D eigenvalue weighted by Gasteiger charge is -2.31. The van der Waals surface area contributed by atoms with Crippen molar-refractivity contribution in [2.24, 2.45) is 0 Å². The Labute approximate surface area is 290 Å². The van der Waals surface area contributed by atoms with Crippen LogP contribution < -0.4 is 4.90 Å². The second-order valence-corrected chi connectivity index (χ2v) is 12.9. The van der Waals surface area contributed by atoms with Gasteiger partial charge >= 0.3 is 0 Å². The third-order valence-electron chi connectivity index (χ3n) is 10.0. The molecule has 0 aliphatic rings. The van der Waals surface area contributed by atoms with Crippen LogP contribution in [0, 0.1) is 0 Å². The number of rotatable bonds is 5. The summed E-state index contributed by atoms with van der Waals surface area (Å²) >= 11 is 0. The summed E-state index contributed by atoms with van der Waals surface area (Å²) in [5, 5.41) is 9.46. The first kappa shape index (κ1) is 28.4. The zero-order chi connectivity index (χ0) is 33.0. The number of benzene rings is 9. The summed E-state index contributed by atoms with van der Waals surface area (Å²) < 4.78 is 6.52. The Hall–Kier alpha value is -6.64. The number of hydrogen-bond acceptors (Lipinski definition) is 2. The Kier molecular flexibility index (Phi) is 6.53.